The summed E-state index contributed by atoms with van der Waals surface area (Å²) in [6.45, 7) is 14.8. The van der Waals surface area contributed by atoms with Crippen LogP contribution in [-0.2, 0) is 52.5 Å². The number of hydrogen-bond acceptors (Lipinski definition) is 20. The highest BCUT2D eigenvalue weighted by Gasteiger charge is 2.49. The minimum atomic E-state index is -1.42. The number of carbonyl (C=O) groups excluding carboxylic acids is 2. The molecule has 24 heteroatoms. The Balaban J connectivity index is 0.000000366. The third-order valence-corrected chi connectivity index (χ3v) is 17.3. The van der Waals surface area contributed by atoms with Gasteiger partial charge < -0.3 is 94.4 Å². The normalized spacial score (nSPS) is 25.0. The molecule has 0 spiro atoms. The summed E-state index contributed by atoms with van der Waals surface area (Å²) in [5, 5.41) is 97.2. The average molecular weight is 1430 g/mol. The highest BCUT2D eigenvalue weighted by Crippen LogP contribution is 2.42. The summed E-state index contributed by atoms with van der Waals surface area (Å²) in [4.78, 5) is 23.8. The van der Waals surface area contributed by atoms with E-state index in [1.54, 1.807) is 24.3 Å². The van der Waals surface area contributed by atoms with Crippen LogP contribution in [-0.4, -0.2) is 181 Å². The molecule has 9 rings (SSSR count). The zero-order valence-electron chi connectivity index (χ0n) is 55.1. The van der Waals surface area contributed by atoms with Gasteiger partial charge in [-0.05, 0) is 158 Å². The van der Waals surface area contributed by atoms with Crippen molar-refractivity contribution in [2.45, 2.75) is 187 Å². The van der Waals surface area contributed by atoms with E-state index in [9.17, 15) is 50.4 Å². The lowest BCUT2D eigenvalue weighted by Gasteiger charge is -2.44. The van der Waals surface area contributed by atoms with Crippen molar-refractivity contribution < 1.29 is 104 Å². The molecule has 6 aromatic rings. The predicted molar refractivity (Wildman–Crippen MR) is 375 cm³/mol. The second kappa shape index (κ2) is 42.3. The topological polar surface area (TPSA) is 342 Å². The summed E-state index contributed by atoms with van der Waals surface area (Å²) >= 11 is 19.2. The van der Waals surface area contributed by atoms with Gasteiger partial charge in [0.15, 0.2) is 6.10 Å². The van der Waals surface area contributed by atoms with Gasteiger partial charge in [-0.1, -0.05) is 136 Å². The molecule has 0 saturated carbocycles. The molecule has 16 atom stereocenters. The third kappa shape index (κ3) is 24.1. The quantitative estimate of drug-likeness (QED) is 0.0300. The Labute approximate surface area is 590 Å². The molecule has 3 aliphatic heterocycles. The Morgan fingerprint density at radius 3 is 1.03 bits per heavy atom. The first kappa shape index (κ1) is 86.2. The van der Waals surface area contributed by atoms with Gasteiger partial charge in [0, 0.05) is 34.8 Å². The smallest absolute Gasteiger partial charge is 0.303 e. The van der Waals surface area contributed by atoms with Crippen LogP contribution in [0.25, 0.3) is 0 Å². The van der Waals surface area contributed by atoms with E-state index >= 15 is 0 Å². The molecule has 0 bridgehead atoms. The molecule has 3 heterocycles. The molecule has 0 radical (unpaired) electrons. The fraction of sp³-hybridized carbons (Fsp3) is 0.486. The van der Waals surface area contributed by atoms with Gasteiger partial charge in [0.2, 0.25) is 0 Å². The van der Waals surface area contributed by atoms with Crippen molar-refractivity contribution in [1.29, 1.82) is 0 Å². The first-order chi connectivity index (χ1) is 45.4. The van der Waals surface area contributed by atoms with Crippen molar-refractivity contribution in [3.8, 4) is 17.2 Å². The maximum absolute atomic E-state index is 12.0. The van der Waals surface area contributed by atoms with Gasteiger partial charge in [0.25, 0.3) is 0 Å². The Bertz CT molecular complexity index is 3170. The van der Waals surface area contributed by atoms with Crippen LogP contribution in [0.5, 0.6) is 17.2 Å². The fourth-order valence-corrected chi connectivity index (χ4v) is 11.8. The van der Waals surface area contributed by atoms with Crippen LogP contribution in [0.2, 0.25) is 15.1 Å². The van der Waals surface area contributed by atoms with Crippen molar-refractivity contribution in [1.82, 2.24) is 0 Å². The van der Waals surface area contributed by atoms with Crippen LogP contribution >= 0.6 is 34.8 Å². The number of esters is 2. The Morgan fingerprint density at radius 1 is 0.459 bits per heavy atom. The van der Waals surface area contributed by atoms with E-state index in [-0.39, 0.29) is 39.0 Å². The molecule has 98 heavy (non-hydrogen) atoms. The number of aliphatic hydroxyl groups is 10. The molecule has 0 aliphatic carbocycles. The molecule has 544 valence electrons. The standard InChI is InChI=1S/C27H33ClO6.2C21H25ClO6.C3H8O2.2CH4.H2O/c1-6-24-16(3)25(32-17(4)29)27(33-18(5)30)26(34-24)20-10-13-23(28)21(15-20)14-19-8-11-22(12-9-19)31-7-2;2*1-2-27-15-6-3-12(4-7-15)9-14-10-13(5-8-16(14)22)21-20(26)19(25)18(24)17(11-23)28-21;1-3(5)2-4;;;/h8-13,15-16,24-27H,6-7,14H2,1-5H3;2*3-8,10,17-21,23-26H,2,9,11H2,1H3;3-5H,2H2,1H3;2*1H4;1H2/t16-,24-,25+,26+,27-;2*17-,18-,19+,20-,21+;3-;;;/m1110.../s1. The molecule has 21 nitrogen and oxygen atoms in total. The van der Waals surface area contributed by atoms with Crippen LogP contribution < -0.4 is 14.2 Å². The Kier molecular flexibility index (Phi) is 37.2. The molecular weight excluding hydrogens is 1330 g/mol. The number of rotatable bonds is 21. The molecule has 0 aromatic heterocycles. The van der Waals surface area contributed by atoms with Crippen LogP contribution in [0.15, 0.2) is 127 Å². The predicted octanol–water partition coefficient (Wildman–Crippen LogP) is 9.17. The first-order valence-electron chi connectivity index (χ1n) is 31.8. The van der Waals surface area contributed by atoms with Gasteiger partial charge in [-0.15, -0.1) is 0 Å². The van der Waals surface area contributed by atoms with Crippen molar-refractivity contribution >= 4 is 46.7 Å². The van der Waals surface area contributed by atoms with Crippen LogP contribution in [0.1, 0.15) is 145 Å². The summed E-state index contributed by atoms with van der Waals surface area (Å²) in [5.41, 5.74) is 7.79. The van der Waals surface area contributed by atoms with E-state index in [4.69, 9.17) is 82.9 Å². The highest BCUT2D eigenvalue weighted by atomic mass is 35.5. The number of carbonyl (C=O) groups is 2. The van der Waals surface area contributed by atoms with Crippen molar-refractivity contribution in [2.75, 3.05) is 39.6 Å². The molecule has 3 aliphatic rings. The zero-order chi connectivity index (χ0) is 69.6. The fourth-order valence-electron chi connectivity index (χ4n) is 11.2. The van der Waals surface area contributed by atoms with Gasteiger partial charge >= 0.3 is 11.9 Å². The monoisotopic (exact) mass is 1430 g/mol. The number of aliphatic hydroxyl groups excluding tert-OH is 10. The van der Waals surface area contributed by atoms with Crippen molar-refractivity contribution in [3.63, 3.8) is 0 Å². The number of ether oxygens (including phenoxy) is 8. The first-order valence-corrected chi connectivity index (χ1v) is 32.9. The summed E-state index contributed by atoms with van der Waals surface area (Å²) < 4.78 is 45.4. The molecule has 12 N–H and O–H groups in total. The second-order valence-corrected chi connectivity index (χ2v) is 24.6. The van der Waals surface area contributed by atoms with Gasteiger partial charge in [0.05, 0.1) is 51.8 Å². The van der Waals surface area contributed by atoms with Gasteiger partial charge in [-0.2, -0.15) is 0 Å². The van der Waals surface area contributed by atoms with E-state index in [2.05, 4.69) is 0 Å². The summed E-state index contributed by atoms with van der Waals surface area (Å²) in [7, 11) is 0. The van der Waals surface area contributed by atoms with Crippen molar-refractivity contribution in [3.05, 3.63) is 193 Å². The minimum Gasteiger partial charge on any atom is -0.494 e. The number of hydrogen-bond donors (Lipinski definition) is 10. The lowest BCUT2D eigenvalue weighted by atomic mass is 9.84. The van der Waals surface area contributed by atoms with E-state index in [1.165, 1.54) is 20.8 Å². The molecule has 3 fully saturated rings. The van der Waals surface area contributed by atoms with E-state index in [0.717, 1.165) is 62.6 Å². The Morgan fingerprint density at radius 2 is 0.755 bits per heavy atom. The summed E-state index contributed by atoms with van der Waals surface area (Å²) in [6.07, 6.45) is -12.1. The van der Waals surface area contributed by atoms with Crippen LogP contribution in [0.4, 0.5) is 0 Å². The highest BCUT2D eigenvalue weighted by molar-refractivity contribution is 6.32. The molecule has 3 saturated heterocycles. The third-order valence-electron chi connectivity index (χ3n) is 16.2. The van der Waals surface area contributed by atoms with E-state index < -0.39 is 111 Å². The van der Waals surface area contributed by atoms with E-state index in [0.29, 0.717) is 65.3 Å². The number of benzene rings is 6. The largest absolute Gasteiger partial charge is 0.494 e. The molecular formula is C74H101Cl3O21. The van der Waals surface area contributed by atoms with Gasteiger partial charge in [0.1, 0.15) is 90.5 Å². The maximum atomic E-state index is 12.0. The lowest BCUT2D eigenvalue weighted by Crippen LogP contribution is -2.55. The second-order valence-electron chi connectivity index (χ2n) is 23.4. The molecule has 0 amide bonds. The SMILES string of the molecule is C.C.CCOc1ccc(Cc2cc([C@@H]3O[C@H](CC)[C@@H](C)[C@H](OC(C)=O)[C@H]3OC(C)=O)ccc2Cl)cc1.CCOc1ccc(Cc2cc([C@@H]3O[C@H](CO)[C@@H](O)[C@H](O)[C@H]3O)ccc2Cl)cc1.CCOc1ccc(Cc2cc([C@@H]3O[C@H](CO)[C@@H](O)[C@H](O)[C@H]3O)ccc2Cl)cc1.C[C@H](O)CO.O. The van der Waals surface area contributed by atoms with Crippen LogP contribution in [0.3, 0.4) is 0 Å². The summed E-state index contributed by atoms with van der Waals surface area (Å²) in [6, 6.07) is 39.5. The van der Waals surface area contributed by atoms with Gasteiger partial charge in [-0.25, -0.2) is 0 Å². The van der Waals surface area contributed by atoms with E-state index in [1.807, 2.05) is 138 Å². The van der Waals surface area contributed by atoms with Crippen LogP contribution in [0, 0.1) is 5.92 Å². The zero-order valence-corrected chi connectivity index (χ0v) is 57.4. The lowest BCUT2D eigenvalue weighted by molar-refractivity contribution is -0.231. The summed E-state index contributed by atoms with van der Waals surface area (Å²) in [5.74, 6) is 1.41. The van der Waals surface area contributed by atoms with Gasteiger partial charge in [-0.3, -0.25) is 9.59 Å². The average Bonchev–Trinajstić information content (AvgIpc) is 0.788. The maximum Gasteiger partial charge on any atom is 0.303 e. The van der Waals surface area contributed by atoms with Crippen molar-refractivity contribution in [2.24, 2.45) is 5.92 Å². The minimum absolute atomic E-state index is 0. The number of halogens is 3. The molecule has 6 aromatic carbocycles. The molecule has 0 unspecified atom stereocenters. The Hall–Kier alpha value is -6.03.